The monoisotopic (exact) mass is 912 g/mol. The first-order chi connectivity index (χ1) is 32.2. The van der Waals surface area contributed by atoms with Crippen LogP contribution in [0, 0.1) is 0 Å². The average Bonchev–Trinajstić information content (AvgIpc) is 3.31. The second kappa shape index (κ2) is 56.9. The molecule has 0 rings (SSSR count). The van der Waals surface area contributed by atoms with Gasteiger partial charge in [0.1, 0.15) is 0 Å². The van der Waals surface area contributed by atoms with Crippen LogP contribution in [0.4, 0.5) is 0 Å². The molecular weight excluding hydrogens is 795 g/mol. The van der Waals surface area contributed by atoms with E-state index in [0.717, 1.165) is 38.5 Å². The Bertz CT molecular complexity index is 989. The van der Waals surface area contributed by atoms with Gasteiger partial charge in [0.2, 0.25) is 5.91 Å². The van der Waals surface area contributed by atoms with Crippen molar-refractivity contribution in [1.82, 2.24) is 5.32 Å². The Balaban J connectivity index is 3.52. The Morgan fingerprint density at radius 1 is 0.354 bits per heavy atom. The van der Waals surface area contributed by atoms with Crippen molar-refractivity contribution >= 4 is 5.91 Å². The first-order valence-electron chi connectivity index (χ1n) is 29.7. The lowest BCUT2D eigenvalue weighted by Crippen LogP contribution is -2.45. The number of amides is 1. The molecule has 0 fully saturated rings. The third-order valence-electron chi connectivity index (χ3n) is 13.9. The molecule has 65 heavy (non-hydrogen) atoms. The molecule has 0 aliphatic heterocycles. The van der Waals surface area contributed by atoms with E-state index in [1.807, 2.05) is 6.08 Å². The van der Waals surface area contributed by atoms with Crippen molar-refractivity contribution in [2.24, 2.45) is 0 Å². The Morgan fingerprint density at radius 3 is 0.892 bits per heavy atom. The molecule has 0 aromatic rings. The van der Waals surface area contributed by atoms with Crippen LogP contribution in [0.3, 0.4) is 0 Å². The predicted octanol–water partition coefficient (Wildman–Crippen LogP) is 19.6. The third-order valence-corrected chi connectivity index (χ3v) is 13.9. The first-order valence-corrected chi connectivity index (χ1v) is 29.7. The van der Waals surface area contributed by atoms with Gasteiger partial charge in [-0.15, -0.1) is 0 Å². The van der Waals surface area contributed by atoms with E-state index in [1.165, 1.54) is 270 Å². The number of hydrogen-bond acceptors (Lipinski definition) is 3. The summed E-state index contributed by atoms with van der Waals surface area (Å²) in [6.07, 6.45) is 77.6. The number of carbonyl (C=O) groups excluding carboxylic acids is 1. The average molecular weight is 913 g/mol. The third kappa shape index (κ3) is 53.4. The van der Waals surface area contributed by atoms with Crippen LogP contribution in [0.2, 0.25) is 0 Å². The van der Waals surface area contributed by atoms with E-state index in [-0.39, 0.29) is 12.5 Å². The molecule has 0 spiro atoms. The minimum atomic E-state index is -0.869. The molecule has 0 aromatic heterocycles. The van der Waals surface area contributed by atoms with Crippen molar-refractivity contribution in [3.05, 3.63) is 36.5 Å². The maximum Gasteiger partial charge on any atom is 0.220 e. The zero-order valence-corrected chi connectivity index (χ0v) is 44.3. The van der Waals surface area contributed by atoms with Gasteiger partial charge in [-0.3, -0.25) is 4.79 Å². The van der Waals surface area contributed by atoms with Crippen LogP contribution in [0.25, 0.3) is 0 Å². The van der Waals surface area contributed by atoms with Crippen molar-refractivity contribution in [1.29, 1.82) is 0 Å². The molecule has 0 aliphatic rings. The molecule has 0 radical (unpaired) electrons. The lowest BCUT2D eigenvalue weighted by molar-refractivity contribution is -0.123. The largest absolute Gasteiger partial charge is 0.394 e. The minimum absolute atomic E-state index is 0.0714. The number of unbranched alkanes of at least 4 members (excludes halogenated alkanes) is 44. The van der Waals surface area contributed by atoms with Crippen LogP contribution < -0.4 is 5.32 Å². The zero-order valence-electron chi connectivity index (χ0n) is 44.3. The van der Waals surface area contributed by atoms with E-state index in [0.29, 0.717) is 6.42 Å². The normalized spacial score (nSPS) is 13.0. The second-order valence-electron chi connectivity index (χ2n) is 20.4. The smallest absolute Gasteiger partial charge is 0.220 e. The van der Waals surface area contributed by atoms with Crippen LogP contribution in [0.1, 0.15) is 328 Å². The van der Waals surface area contributed by atoms with Gasteiger partial charge < -0.3 is 15.5 Å². The number of allylic oxidation sites excluding steroid dienone is 5. The summed E-state index contributed by atoms with van der Waals surface area (Å²) in [5, 5.41) is 23.2. The van der Waals surface area contributed by atoms with E-state index >= 15 is 0 Å². The number of hydrogen-bond donors (Lipinski definition) is 3. The second-order valence-corrected chi connectivity index (χ2v) is 20.4. The molecule has 0 aliphatic carbocycles. The van der Waals surface area contributed by atoms with Gasteiger partial charge in [-0.25, -0.2) is 0 Å². The molecular formula is C61H117NO3. The van der Waals surface area contributed by atoms with Gasteiger partial charge in [0.25, 0.3) is 0 Å². The Morgan fingerprint density at radius 2 is 0.600 bits per heavy atom. The van der Waals surface area contributed by atoms with Gasteiger partial charge in [-0.1, -0.05) is 314 Å². The van der Waals surface area contributed by atoms with Crippen molar-refractivity contribution < 1.29 is 15.0 Å². The van der Waals surface area contributed by atoms with Gasteiger partial charge >= 0.3 is 0 Å². The van der Waals surface area contributed by atoms with Gasteiger partial charge in [0.05, 0.1) is 18.8 Å². The van der Waals surface area contributed by atoms with Crippen molar-refractivity contribution in [2.45, 2.75) is 341 Å². The van der Waals surface area contributed by atoms with Gasteiger partial charge in [0.15, 0.2) is 0 Å². The van der Waals surface area contributed by atoms with Crippen molar-refractivity contribution in [3.63, 3.8) is 0 Å². The topological polar surface area (TPSA) is 69.6 Å². The summed E-state index contributed by atoms with van der Waals surface area (Å²) < 4.78 is 0. The molecule has 384 valence electrons. The fourth-order valence-electron chi connectivity index (χ4n) is 9.33. The van der Waals surface area contributed by atoms with E-state index in [9.17, 15) is 15.0 Å². The van der Waals surface area contributed by atoms with Crippen LogP contribution in [0.5, 0.6) is 0 Å². The Labute approximate surface area is 408 Å². The molecule has 3 N–H and O–H groups in total. The van der Waals surface area contributed by atoms with E-state index in [2.05, 4.69) is 43.5 Å². The highest BCUT2D eigenvalue weighted by molar-refractivity contribution is 5.76. The molecule has 2 atom stereocenters. The molecule has 2 unspecified atom stereocenters. The molecule has 0 saturated heterocycles. The quantitative estimate of drug-likeness (QED) is 0.0421. The maximum atomic E-state index is 12.5. The summed E-state index contributed by atoms with van der Waals surface area (Å²) in [5.74, 6) is -0.0714. The summed E-state index contributed by atoms with van der Waals surface area (Å²) in [6, 6.07) is -0.644. The highest BCUT2D eigenvalue weighted by Gasteiger charge is 2.18. The standard InChI is InChI=1S/C61H117NO3/c1-3-5-7-9-11-13-15-17-19-21-23-25-27-29-30-31-32-33-34-36-38-40-42-44-46-48-50-52-54-56-60(64)59(58-63)62-61(65)57-55-53-51-49-47-45-43-41-39-37-35-28-26-24-22-20-18-16-14-12-10-8-6-4-2/h38,40,46,48,54,56,59-60,63-64H,3-37,39,41-45,47,49-53,55,57-58H2,1-2H3,(H,62,65)/b40-38+,48-46+,56-54+. The summed E-state index contributed by atoms with van der Waals surface area (Å²) >= 11 is 0. The number of rotatable bonds is 55. The molecule has 0 bridgehead atoms. The van der Waals surface area contributed by atoms with Gasteiger partial charge in [-0.05, 0) is 44.9 Å². The maximum absolute atomic E-state index is 12.5. The SMILES string of the molecule is CCCCCCCCCCCCCCCCCCCCC/C=C/CC/C=C/CC/C=C/C(O)C(CO)NC(=O)CCCCCCCCCCCCCCCCCCCCCCCCCC. The van der Waals surface area contributed by atoms with Crippen LogP contribution >= 0.6 is 0 Å². The van der Waals surface area contributed by atoms with Crippen molar-refractivity contribution in [3.8, 4) is 0 Å². The number of aliphatic hydroxyl groups is 2. The Hall–Kier alpha value is -1.39. The molecule has 0 heterocycles. The summed E-state index contributed by atoms with van der Waals surface area (Å²) in [4.78, 5) is 12.5. The fraction of sp³-hybridized carbons (Fsp3) is 0.885. The molecule has 0 aromatic carbocycles. The molecule has 4 nitrogen and oxygen atoms in total. The fourth-order valence-corrected chi connectivity index (χ4v) is 9.33. The van der Waals surface area contributed by atoms with E-state index < -0.39 is 12.1 Å². The molecule has 4 heteroatoms. The zero-order chi connectivity index (χ0) is 47.0. The van der Waals surface area contributed by atoms with Gasteiger partial charge in [0, 0.05) is 6.42 Å². The van der Waals surface area contributed by atoms with E-state index in [1.54, 1.807) is 6.08 Å². The minimum Gasteiger partial charge on any atom is -0.394 e. The lowest BCUT2D eigenvalue weighted by Gasteiger charge is -2.19. The van der Waals surface area contributed by atoms with Gasteiger partial charge in [-0.2, -0.15) is 0 Å². The van der Waals surface area contributed by atoms with Crippen LogP contribution in [-0.2, 0) is 4.79 Å². The Kier molecular flexibility index (Phi) is 55.7. The lowest BCUT2D eigenvalue weighted by atomic mass is 10.0. The summed E-state index contributed by atoms with van der Waals surface area (Å²) in [6.45, 7) is 4.33. The highest BCUT2D eigenvalue weighted by atomic mass is 16.3. The molecule has 1 amide bonds. The number of nitrogens with one attached hydrogen (secondary N) is 1. The van der Waals surface area contributed by atoms with E-state index in [4.69, 9.17) is 0 Å². The van der Waals surface area contributed by atoms with Crippen LogP contribution in [-0.4, -0.2) is 34.9 Å². The summed E-state index contributed by atoms with van der Waals surface area (Å²) in [7, 11) is 0. The first kappa shape index (κ1) is 63.6. The predicted molar refractivity (Wildman–Crippen MR) is 290 cm³/mol. The summed E-state index contributed by atoms with van der Waals surface area (Å²) in [5.41, 5.74) is 0. The van der Waals surface area contributed by atoms with Crippen LogP contribution in [0.15, 0.2) is 36.5 Å². The highest BCUT2D eigenvalue weighted by Crippen LogP contribution is 2.18. The van der Waals surface area contributed by atoms with Crippen molar-refractivity contribution in [2.75, 3.05) is 6.61 Å². The number of carbonyl (C=O) groups is 1. The number of aliphatic hydroxyl groups excluding tert-OH is 2. The molecule has 0 saturated carbocycles.